The van der Waals surface area contributed by atoms with Crippen molar-refractivity contribution in [3.63, 3.8) is 0 Å². The second-order valence-electron chi connectivity index (χ2n) is 3.63. The molecule has 0 aromatic carbocycles. The third-order valence-electron chi connectivity index (χ3n) is 2.59. The minimum Gasteiger partial charge on any atom is -0.465 e. The first-order valence-electron chi connectivity index (χ1n) is 9.05. The van der Waals surface area contributed by atoms with Crippen molar-refractivity contribution < 1.29 is 20.5 Å². The number of hydrogen-bond donors (Lipinski definition) is 0. The van der Waals surface area contributed by atoms with Gasteiger partial charge in [0.15, 0.2) is 0 Å². The summed E-state index contributed by atoms with van der Waals surface area (Å²) in [6.45, 7) is -2.50. The van der Waals surface area contributed by atoms with E-state index in [0.717, 1.165) is 0 Å². The molecule has 1 aromatic rings. The SMILES string of the molecule is [2H]c1nc(C)n(C([2H])([2H])[2H])c1C([2H])([2H])[C@@H]1[C@H](CC)C(=O)OC1([2H])[2H]. The molecule has 1 aliphatic rings. The van der Waals surface area contributed by atoms with Crippen LogP contribution in [0.4, 0.5) is 0 Å². The lowest BCUT2D eigenvalue weighted by molar-refractivity contribution is -0.141. The van der Waals surface area contributed by atoms with Gasteiger partial charge in [0.1, 0.15) is 5.82 Å². The number of ether oxygens (including phenoxy) is 1. The van der Waals surface area contributed by atoms with Gasteiger partial charge >= 0.3 is 5.97 Å². The number of hydrogen-bond acceptors (Lipinski definition) is 3. The van der Waals surface area contributed by atoms with E-state index in [1.54, 1.807) is 6.92 Å². The van der Waals surface area contributed by atoms with Crippen LogP contribution < -0.4 is 0 Å². The van der Waals surface area contributed by atoms with Gasteiger partial charge in [-0.05, 0) is 19.7 Å². The molecular weight excluding hydrogens is 204 g/mol. The summed E-state index contributed by atoms with van der Waals surface area (Å²) in [5.74, 6) is -3.64. The van der Waals surface area contributed by atoms with Crippen LogP contribution in [-0.2, 0) is 22.9 Å². The molecule has 1 aliphatic heterocycles. The van der Waals surface area contributed by atoms with E-state index in [4.69, 9.17) is 11.0 Å². The quantitative estimate of drug-likeness (QED) is 0.739. The van der Waals surface area contributed by atoms with E-state index < -0.39 is 49.6 Å². The number of rotatable bonds is 3. The van der Waals surface area contributed by atoms with Crippen molar-refractivity contribution in [2.45, 2.75) is 26.6 Å². The monoisotopic (exact) mass is 230 g/mol. The average Bonchev–Trinajstić information content (AvgIpc) is 2.81. The number of carbonyl (C=O) groups excluding carboxylic acids is 1. The van der Waals surface area contributed by atoms with E-state index >= 15 is 0 Å². The summed E-state index contributed by atoms with van der Waals surface area (Å²) in [7, 11) is 0. The van der Waals surface area contributed by atoms with Crippen LogP contribution >= 0.6 is 0 Å². The van der Waals surface area contributed by atoms with Gasteiger partial charge in [0.05, 0.1) is 16.6 Å². The Hall–Kier alpha value is -1.32. The average molecular weight is 230 g/mol. The zero-order valence-corrected chi connectivity index (χ0v) is 9.07. The summed E-state index contributed by atoms with van der Waals surface area (Å²) in [6.07, 6.45) is -3.13. The summed E-state index contributed by atoms with van der Waals surface area (Å²) in [6, 6.07) is 0. The zero-order chi connectivity index (χ0) is 18.7. The molecule has 2 rings (SSSR count). The largest absolute Gasteiger partial charge is 0.465 e. The number of aryl methyl sites for hydroxylation is 1. The molecule has 2 heterocycles. The van der Waals surface area contributed by atoms with Gasteiger partial charge < -0.3 is 9.30 Å². The molecule has 0 unspecified atom stereocenters. The Bertz CT molecular complexity index is 667. The van der Waals surface area contributed by atoms with E-state index in [0.29, 0.717) is 4.57 Å². The second-order valence-corrected chi connectivity index (χ2v) is 3.63. The highest BCUT2D eigenvalue weighted by Crippen LogP contribution is 2.28. The number of carbonyl (C=O) groups is 1. The molecule has 2 atom stereocenters. The molecule has 0 spiro atoms. The molecule has 1 saturated heterocycles. The summed E-state index contributed by atoms with van der Waals surface area (Å²) >= 11 is 0. The standard InChI is InChI=1S/C12H18N2O2/c1-4-11-9(7-16-12(11)15)5-10-6-13-8(2)14(10)3/h6,9,11H,4-5,7H2,1-3H3/t9-,11-/m0/s1/i3D3,5D2,6D,7D2. The number of esters is 1. The van der Waals surface area contributed by atoms with E-state index in [2.05, 4.69) is 9.72 Å². The third kappa shape index (κ3) is 1.84. The maximum Gasteiger partial charge on any atom is 0.309 e. The smallest absolute Gasteiger partial charge is 0.309 e. The van der Waals surface area contributed by atoms with Crippen LogP contribution in [0.3, 0.4) is 0 Å². The molecule has 0 aliphatic carbocycles. The van der Waals surface area contributed by atoms with Crippen LogP contribution in [0.1, 0.15) is 35.8 Å². The molecule has 0 N–H and O–H groups in total. The van der Waals surface area contributed by atoms with Crippen molar-refractivity contribution in [1.82, 2.24) is 9.55 Å². The number of imidazole rings is 1. The predicted molar refractivity (Wildman–Crippen MR) is 59.9 cm³/mol. The van der Waals surface area contributed by atoms with Crippen molar-refractivity contribution in [3.8, 4) is 0 Å². The minimum absolute atomic E-state index is 0.0854. The fourth-order valence-electron chi connectivity index (χ4n) is 1.59. The summed E-state index contributed by atoms with van der Waals surface area (Å²) in [5, 5.41) is 0. The van der Waals surface area contributed by atoms with E-state index in [1.807, 2.05) is 0 Å². The van der Waals surface area contributed by atoms with Crippen molar-refractivity contribution in [1.29, 1.82) is 0 Å². The summed E-state index contributed by atoms with van der Waals surface area (Å²) in [5.41, 5.74) is -0.578. The molecule has 0 bridgehead atoms. The fourth-order valence-corrected chi connectivity index (χ4v) is 1.59. The van der Waals surface area contributed by atoms with Gasteiger partial charge in [-0.15, -0.1) is 0 Å². The lowest BCUT2D eigenvalue weighted by atomic mass is 9.89. The Labute approximate surface area is 107 Å². The van der Waals surface area contributed by atoms with Crippen LogP contribution in [0.25, 0.3) is 0 Å². The Balaban J connectivity index is 2.69. The molecule has 1 aromatic heterocycles. The minimum atomic E-state index is -2.79. The Kier molecular flexibility index (Phi) is 1.31. The lowest BCUT2D eigenvalue weighted by Gasteiger charge is -2.13. The Morgan fingerprint density at radius 2 is 2.75 bits per heavy atom. The van der Waals surface area contributed by atoms with Gasteiger partial charge in [0, 0.05) is 31.6 Å². The van der Waals surface area contributed by atoms with Gasteiger partial charge in [-0.2, -0.15) is 0 Å². The highest BCUT2D eigenvalue weighted by Gasteiger charge is 2.35. The molecule has 4 nitrogen and oxygen atoms in total. The number of aromatic nitrogens is 2. The molecule has 4 heteroatoms. The molecule has 88 valence electrons. The van der Waals surface area contributed by atoms with Crippen LogP contribution in [0.15, 0.2) is 6.17 Å². The highest BCUT2D eigenvalue weighted by atomic mass is 16.5. The lowest BCUT2D eigenvalue weighted by Crippen LogP contribution is -2.18. The van der Waals surface area contributed by atoms with Gasteiger partial charge in [-0.3, -0.25) is 4.79 Å². The van der Waals surface area contributed by atoms with Crippen LogP contribution in [-0.4, -0.2) is 22.1 Å². The van der Waals surface area contributed by atoms with Gasteiger partial charge in [0.2, 0.25) is 0 Å². The fraction of sp³-hybridized carbons (Fsp3) is 0.667. The van der Waals surface area contributed by atoms with Crippen LogP contribution in [0, 0.1) is 18.8 Å². The van der Waals surface area contributed by atoms with Gasteiger partial charge in [-0.25, -0.2) is 4.98 Å². The molecular formula is C12H18N2O2. The van der Waals surface area contributed by atoms with Crippen LogP contribution in [0.2, 0.25) is 0 Å². The maximum atomic E-state index is 11.9. The second kappa shape index (κ2) is 4.28. The third-order valence-corrected chi connectivity index (χ3v) is 2.59. The molecule has 16 heavy (non-hydrogen) atoms. The van der Waals surface area contributed by atoms with E-state index in [1.165, 1.54) is 6.92 Å². The van der Waals surface area contributed by atoms with Crippen LogP contribution in [0.5, 0.6) is 0 Å². The van der Waals surface area contributed by atoms with Gasteiger partial charge in [0.25, 0.3) is 0 Å². The molecule has 0 amide bonds. The predicted octanol–water partition coefficient (Wildman–Crippen LogP) is 1.47. The van der Waals surface area contributed by atoms with Crippen molar-refractivity contribution in [2.24, 2.45) is 18.8 Å². The van der Waals surface area contributed by atoms with Crippen molar-refractivity contribution >= 4 is 5.97 Å². The first kappa shape index (κ1) is 4.90. The van der Waals surface area contributed by atoms with E-state index in [9.17, 15) is 4.79 Å². The maximum absolute atomic E-state index is 11.9. The van der Waals surface area contributed by atoms with Crippen molar-refractivity contribution in [3.05, 3.63) is 17.7 Å². The summed E-state index contributed by atoms with van der Waals surface area (Å²) < 4.78 is 68.3. The number of nitrogens with zero attached hydrogens (tertiary/aromatic N) is 2. The highest BCUT2D eigenvalue weighted by molar-refractivity contribution is 5.74. The van der Waals surface area contributed by atoms with Gasteiger partial charge in [-0.1, -0.05) is 6.92 Å². The zero-order valence-electron chi connectivity index (χ0n) is 17.1. The molecule has 0 radical (unpaired) electrons. The molecule has 0 saturated carbocycles. The van der Waals surface area contributed by atoms with E-state index in [-0.39, 0.29) is 12.2 Å². The Morgan fingerprint density at radius 3 is 3.44 bits per heavy atom. The molecule has 1 fully saturated rings. The number of cyclic esters (lactones) is 1. The first-order chi connectivity index (χ1) is 10.7. The normalized spacial score (nSPS) is 37.0. The summed E-state index contributed by atoms with van der Waals surface area (Å²) in [4.78, 5) is 15.6. The first-order valence-corrected chi connectivity index (χ1v) is 5.05. The Morgan fingerprint density at radius 1 is 1.94 bits per heavy atom. The topological polar surface area (TPSA) is 44.1 Å². The van der Waals surface area contributed by atoms with Crippen molar-refractivity contribution in [2.75, 3.05) is 6.56 Å².